The number of nitrogens with zero attached hydrogens (tertiary/aromatic N) is 7. The molecule has 4 heterocycles. The van der Waals surface area contributed by atoms with Crippen molar-refractivity contribution in [2.24, 2.45) is 0 Å². The Labute approximate surface area is 283 Å². The Morgan fingerprint density at radius 2 is 1.73 bits per heavy atom. The molecule has 0 bridgehead atoms. The first-order valence-corrected chi connectivity index (χ1v) is 16.8. The topological polar surface area (TPSA) is 122 Å². The number of hydrogen-bond acceptors (Lipinski definition) is 8. The van der Waals surface area contributed by atoms with Crippen molar-refractivity contribution in [3.8, 4) is 5.82 Å². The third-order valence-corrected chi connectivity index (χ3v) is 10.4. The van der Waals surface area contributed by atoms with E-state index in [0.717, 1.165) is 54.8 Å². The summed E-state index contributed by atoms with van der Waals surface area (Å²) in [5.74, 6) is -1.81. The molecular formula is C32H23Cl2F2N9O2S. The third-order valence-electron chi connectivity index (χ3n) is 8.04. The number of aromatic nitrogens is 5. The molecule has 6 aromatic rings. The lowest BCUT2D eigenvalue weighted by Crippen LogP contribution is -2.34. The Kier molecular flexibility index (Phi) is 8.20. The molecule has 1 fully saturated rings. The number of sulfonamides is 1. The summed E-state index contributed by atoms with van der Waals surface area (Å²) in [5.41, 5.74) is 1.89. The highest BCUT2D eigenvalue weighted by Crippen LogP contribution is 2.35. The molecule has 48 heavy (non-hydrogen) atoms. The monoisotopic (exact) mass is 705 g/mol. The summed E-state index contributed by atoms with van der Waals surface area (Å²) in [6.45, 7) is 8.84. The summed E-state index contributed by atoms with van der Waals surface area (Å²) in [6, 6.07) is 15.2. The van der Waals surface area contributed by atoms with Crippen LogP contribution in [-0.4, -0.2) is 52.1 Å². The van der Waals surface area contributed by atoms with Crippen molar-refractivity contribution in [3.05, 3.63) is 106 Å². The summed E-state index contributed by atoms with van der Waals surface area (Å²) in [5, 5.41) is 2.39. The standard InChI is InChI=1S/C32H23Cl2F2N9O2S/c1-37-18-12-14-44(15-13-18)23-5-3-6-24-31(23)40-17-45(24)26-11-10-22-30(41-26)32(39-16-38-22)42-29-20(35)8-9-21(28(29)36)43-48(46,47)25-7-2-4-19(33)27(25)34/h2-11,16-18,43H,12-15H2,(H,38,39,42). The average Bonchev–Trinajstić information content (AvgIpc) is 3.53. The van der Waals surface area contributed by atoms with E-state index in [9.17, 15) is 8.42 Å². The lowest BCUT2D eigenvalue weighted by atomic mass is 10.0. The highest BCUT2D eigenvalue weighted by atomic mass is 35.5. The van der Waals surface area contributed by atoms with Crippen LogP contribution >= 0.6 is 23.2 Å². The Morgan fingerprint density at radius 1 is 0.938 bits per heavy atom. The quantitative estimate of drug-likeness (QED) is 0.165. The zero-order valence-electron chi connectivity index (χ0n) is 24.7. The number of piperidine rings is 1. The molecule has 16 heteroatoms. The van der Waals surface area contributed by atoms with Crippen LogP contribution in [0.3, 0.4) is 0 Å². The number of anilines is 4. The molecule has 0 atom stereocenters. The minimum Gasteiger partial charge on any atom is -0.369 e. The first-order valence-electron chi connectivity index (χ1n) is 14.6. The van der Waals surface area contributed by atoms with Crippen molar-refractivity contribution in [2.45, 2.75) is 23.8 Å². The van der Waals surface area contributed by atoms with Gasteiger partial charge in [0.1, 0.15) is 45.9 Å². The van der Waals surface area contributed by atoms with Gasteiger partial charge >= 0.3 is 0 Å². The number of halogens is 4. The molecule has 0 amide bonds. The van der Waals surface area contributed by atoms with E-state index in [2.05, 4.69) is 34.7 Å². The molecule has 0 unspecified atom stereocenters. The molecule has 242 valence electrons. The predicted octanol–water partition coefficient (Wildman–Crippen LogP) is 7.38. The Hall–Kier alpha value is -5.10. The Morgan fingerprint density at radius 3 is 2.52 bits per heavy atom. The van der Waals surface area contributed by atoms with Gasteiger partial charge in [-0.3, -0.25) is 9.29 Å². The molecule has 0 saturated carbocycles. The van der Waals surface area contributed by atoms with Crippen LogP contribution in [0.5, 0.6) is 0 Å². The smallest absolute Gasteiger partial charge is 0.263 e. The first-order chi connectivity index (χ1) is 23.1. The van der Waals surface area contributed by atoms with E-state index in [0.29, 0.717) is 11.3 Å². The number of para-hydroxylation sites is 1. The average molecular weight is 707 g/mol. The first kappa shape index (κ1) is 31.5. The van der Waals surface area contributed by atoms with Crippen LogP contribution in [0.1, 0.15) is 12.8 Å². The van der Waals surface area contributed by atoms with Gasteiger partial charge in [-0.2, -0.15) is 0 Å². The molecular weight excluding hydrogens is 683 g/mol. The highest BCUT2D eigenvalue weighted by molar-refractivity contribution is 7.92. The fourth-order valence-corrected chi connectivity index (χ4v) is 7.43. The van der Waals surface area contributed by atoms with Gasteiger partial charge in [0.25, 0.3) is 10.0 Å². The minimum atomic E-state index is -4.41. The van der Waals surface area contributed by atoms with E-state index in [1.807, 2.05) is 18.2 Å². The van der Waals surface area contributed by atoms with Gasteiger partial charge in [0.2, 0.25) is 6.04 Å². The van der Waals surface area contributed by atoms with Crippen LogP contribution in [0.25, 0.3) is 32.7 Å². The number of nitrogens with one attached hydrogen (secondary N) is 2. The van der Waals surface area contributed by atoms with E-state index < -0.39 is 33.0 Å². The maximum Gasteiger partial charge on any atom is 0.263 e. The van der Waals surface area contributed by atoms with Gasteiger partial charge in [-0.1, -0.05) is 35.3 Å². The number of fused-ring (bicyclic) bond motifs is 2. The number of benzene rings is 3. The lowest BCUT2D eigenvalue weighted by molar-refractivity contribution is 0.549. The number of rotatable bonds is 7. The van der Waals surface area contributed by atoms with Crippen LogP contribution in [-0.2, 0) is 10.0 Å². The van der Waals surface area contributed by atoms with Gasteiger partial charge in [0.05, 0.1) is 32.5 Å². The van der Waals surface area contributed by atoms with E-state index >= 15 is 8.78 Å². The van der Waals surface area contributed by atoms with E-state index in [1.165, 1.54) is 24.5 Å². The highest BCUT2D eigenvalue weighted by Gasteiger charge is 2.26. The van der Waals surface area contributed by atoms with E-state index in [4.69, 9.17) is 34.8 Å². The molecule has 0 aliphatic carbocycles. The van der Waals surface area contributed by atoms with Gasteiger partial charge in [-0.25, -0.2) is 43.7 Å². The zero-order valence-corrected chi connectivity index (χ0v) is 27.0. The van der Waals surface area contributed by atoms with Crippen molar-refractivity contribution in [2.75, 3.05) is 28.0 Å². The second-order valence-electron chi connectivity index (χ2n) is 10.9. The SMILES string of the molecule is [C-]#[N+]C1CCN(c2cccc3c2ncn3-c2ccc3ncnc(Nc4c(F)ccc(NS(=O)(=O)c5cccc(Cl)c5Cl)c4F)c3n2)CC1. The van der Waals surface area contributed by atoms with Gasteiger partial charge in [0.15, 0.2) is 11.6 Å². The lowest BCUT2D eigenvalue weighted by Gasteiger charge is -2.29. The van der Waals surface area contributed by atoms with Crippen molar-refractivity contribution in [1.82, 2.24) is 24.5 Å². The van der Waals surface area contributed by atoms with Gasteiger partial charge in [-0.15, -0.1) is 0 Å². The molecule has 3 aromatic carbocycles. The summed E-state index contributed by atoms with van der Waals surface area (Å²) < 4.78 is 60.9. The molecule has 11 nitrogen and oxygen atoms in total. The van der Waals surface area contributed by atoms with Crippen molar-refractivity contribution in [3.63, 3.8) is 0 Å². The van der Waals surface area contributed by atoms with Crippen LogP contribution in [0.15, 0.2) is 78.2 Å². The number of pyridine rings is 1. The van der Waals surface area contributed by atoms with Crippen molar-refractivity contribution in [1.29, 1.82) is 0 Å². The second-order valence-corrected chi connectivity index (χ2v) is 13.4. The molecule has 2 N–H and O–H groups in total. The Balaban J connectivity index is 1.23. The van der Waals surface area contributed by atoms with Crippen LogP contribution in [0.4, 0.5) is 31.7 Å². The van der Waals surface area contributed by atoms with Gasteiger partial charge in [0, 0.05) is 25.9 Å². The summed E-state index contributed by atoms with van der Waals surface area (Å²) in [6.07, 6.45) is 4.43. The Bertz CT molecular complexity index is 2380. The minimum absolute atomic E-state index is 0.00857. The van der Waals surface area contributed by atoms with Gasteiger partial charge in [-0.05, 0) is 48.5 Å². The maximum atomic E-state index is 15.8. The summed E-state index contributed by atoms with van der Waals surface area (Å²) >= 11 is 12.1. The molecule has 1 saturated heterocycles. The fourth-order valence-electron chi connectivity index (χ4n) is 5.61. The maximum absolute atomic E-state index is 15.8. The predicted molar refractivity (Wildman–Crippen MR) is 181 cm³/mol. The second kappa shape index (κ2) is 12.5. The largest absolute Gasteiger partial charge is 0.369 e. The van der Waals surface area contributed by atoms with Crippen molar-refractivity contribution >= 4 is 78.2 Å². The summed E-state index contributed by atoms with van der Waals surface area (Å²) in [4.78, 5) is 23.4. The summed E-state index contributed by atoms with van der Waals surface area (Å²) in [7, 11) is -4.41. The third kappa shape index (κ3) is 5.70. The van der Waals surface area contributed by atoms with Crippen LogP contribution in [0.2, 0.25) is 10.0 Å². The van der Waals surface area contributed by atoms with Crippen LogP contribution < -0.4 is 14.9 Å². The molecule has 7 rings (SSSR count). The molecule has 1 aliphatic rings. The molecule has 0 radical (unpaired) electrons. The fraction of sp³-hybridized carbons (Fsp3) is 0.156. The van der Waals surface area contributed by atoms with Crippen molar-refractivity contribution < 1.29 is 17.2 Å². The zero-order chi connectivity index (χ0) is 33.6. The molecule has 3 aromatic heterocycles. The van der Waals surface area contributed by atoms with Gasteiger partial charge < -0.3 is 15.1 Å². The molecule has 1 aliphatic heterocycles. The molecule has 0 spiro atoms. The van der Waals surface area contributed by atoms with E-state index in [-0.39, 0.29) is 32.3 Å². The number of imidazole rings is 1. The van der Waals surface area contributed by atoms with Crippen LogP contribution in [0, 0.1) is 18.2 Å². The normalized spacial score (nSPS) is 13.9. The van der Waals surface area contributed by atoms with E-state index in [1.54, 1.807) is 23.0 Å². The number of hydrogen-bond donors (Lipinski definition) is 2.